The van der Waals surface area contributed by atoms with Gasteiger partial charge in [-0.3, -0.25) is 9.69 Å². The van der Waals surface area contributed by atoms with E-state index in [0.717, 1.165) is 72.1 Å². The van der Waals surface area contributed by atoms with Gasteiger partial charge in [0, 0.05) is 56.2 Å². The van der Waals surface area contributed by atoms with E-state index in [0.29, 0.717) is 17.9 Å². The van der Waals surface area contributed by atoms with Crippen molar-refractivity contribution >= 4 is 34.0 Å². The van der Waals surface area contributed by atoms with Crippen LogP contribution in [0, 0.1) is 0 Å². The largest absolute Gasteiger partial charge is 0.384 e. The van der Waals surface area contributed by atoms with Crippen LogP contribution in [-0.4, -0.2) is 59.1 Å². The molecular weight excluding hydrogens is 460 g/mol. The second kappa shape index (κ2) is 10.4. The Bertz CT molecular complexity index is 1390. The molecule has 1 aliphatic heterocycles. The van der Waals surface area contributed by atoms with Crippen molar-refractivity contribution in [3.63, 3.8) is 0 Å². The molecule has 0 amide bonds. The molecule has 35 heavy (non-hydrogen) atoms. The van der Waals surface area contributed by atoms with E-state index in [-0.39, 0.29) is 5.56 Å². The molecule has 2 aromatic carbocycles. The summed E-state index contributed by atoms with van der Waals surface area (Å²) in [4.78, 5) is 28.5. The van der Waals surface area contributed by atoms with Crippen molar-refractivity contribution in [3.05, 3.63) is 88.3 Å². The molecule has 0 atom stereocenters. The zero-order valence-electron chi connectivity index (χ0n) is 19.6. The maximum absolute atomic E-state index is 12.8. The number of hydrogen-bond donors (Lipinski definition) is 3. The molecule has 180 valence electrons. The molecule has 7 nitrogen and oxygen atoms in total. The van der Waals surface area contributed by atoms with Gasteiger partial charge in [0.2, 0.25) is 0 Å². The highest BCUT2D eigenvalue weighted by Gasteiger charge is 2.18. The molecule has 1 aliphatic rings. The monoisotopic (exact) mass is 488 g/mol. The van der Waals surface area contributed by atoms with Gasteiger partial charge in [0.05, 0.1) is 16.7 Å². The van der Waals surface area contributed by atoms with E-state index in [9.17, 15) is 4.79 Å². The zero-order chi connectivity index (χ0) is 24.2. The van der Waals surface area contributed by atoms with Crippen LogP contribution >= 0.6 is 11.6 Å². The van der Waals surface area contributed by atoms with Crippen molar-refractivity contribution < 1.29 is 0 Å². The van der Waals surface area contributed by atoms with Crippen LogP contribution in [0.3, 0.4) is 0 Å². The third-order valence-electron chi connectivity index (χ3n) is 6.41. The van der Waals surface area contributed by atoms with Crippen LogP contribution in [0.1, 0.15) is 5.56 Å². The number of H-pyrrole nitrogens is 2. The van der Waals surface area contributed by atoms with E-state index < -0.39 is 0 Å². The highest BCUT2D eigenvalue weighted by Crippen LogP contribution is 2.27. The molecule has 4 aromatic rings. The van der Waals surface area contributed by atoms with E-state index >= 15 is 0 Å². The first-order valence-electron chi connectivity index (χ1n) is 11.9. The summed E-state index contributed by atoms with van der Waals surface area (Å²) in [5.41, 5.74) is 5.12. The maximum Gasteiger partial charge on any atom is 0.261 e. The van der Waals surface area contributed by atoms with E-state index in [1.54, 1.807) is 6.20 Å². The van der Waals surface area contributed by atoms with Crippen molar-refractivity contribution in [1.82, 2.24) is 19.9 Å². The summed E-state index contributed by atoms with van der Waals surface area (Å²) < 4.78 is 0. The number of pyridine rings is 1. The number of nitrogens with one attached hydrogen (secondary N) is 3. The quantitative estimate of drug-likeness (QED) is 0.317. The summed E-state index contributed by atoms with van der Waals surface area (Å²) in [5, 5.41) is 4.12. The number of aromatic nitrogens is 3. The smallest absolute Gasteiger partial charge is 0.261 e. The van der Waals surface area contributed by atoms with Gasteiger partial charge in [0.15, 0.2) is 0 Å². The van der Waals surface area contributed by atoms with Crippen molar-refractivity contribution in [1.29, 1.82) is 0 Å². The molecule has 0 spiro atoms. The second-order valence-corrected chi connectivity index (χ2v) is 9.20. The van der Waals surface area contributed by atoms with Crippen LogP contribution in [-0.2, 0) is 6.42 Å². The van der Waals surface area contributed by atoms with Crippen molar-refractivity contribution in [2.24, 2.45) is 0 Å². The molecule has 0 saturated carbocycles. The van der Waals surface area contributed by atoms with Gasteiger partial charge in [-0.15, -0.1) is 6.58 Å². The van der Waals surface area contributed by atoms with E-state index in [1.807, 2.05) is 42.5 Å². The topological polar surface area (TPSA) is 80.0 Å². The lowest BCUT2D eigenvalue weighted by atomic mass is 10.1. The summed E-state index contributed by atoms with van der Waals surface area (Å²) in [6.07, 6.45) is 4.40. The molecule has 8 heteroatoms. The Balaban J connectivity index is 1.35. The number of nitrogens with zero attached hydrogens (tertiary/aromatic N) is 3. The molecule has 3 heterocycles. The van der Waals surface area contributed by atoms with Gasteiger partial charge in [-0.2, -0.15) is 0 Å². The molecule has 0 unspecified atom stereocenters. The molecule has 3 N–H and O–H groups in total. The Hall–Kier alpha value is -3.55. The zero-order valence-corrected chi connectivity index (χ0v) is 20.3. The molecule has 0 aliphatic carbocycles. The van der Waals surface area contributed by atoms with Crippen LogP contribution in [0.5, 0.6) is 0 Å². The average Bonchev–Trinajstić information content (AvgIpc) is 3.28. The van der Waals surface area contributed by atoms with Crippen molar-refractivity contribution in [2.45, 2.75) is 6.42 Å². The minimum atomic E-state index is -0.185. The highest BCUT2D eigenvalue weighted by atomic mass is 35.5. The predicted molar refractivity (Wildman–Crippen MR) is 145 cm³/mol. The number of hydrogen-bond acceptors (Lipinski definition) is 5. The van der Waals surface area contributed by atoms with Crippen LogP contribution < -0.4 is 15.8 Å². The van der Waals surface area contributed by atoms with Crippen LogP contribution in [0.15, 0.2) is 72.2 Å². The predicted octanol–water partition coefficient (Wildman–Crippen LogP) is 4.53. The third kappa shape index (κ3) is 5.26. The molecule has 0 bridgehead atoms. The Morgan fingerprint density at radius 1 is 1.11 bits per heavy atom. The van der Waals surface area contributed by atoms with Gasteiger partial charge in [-0.05, 0) is 48.4 Å². The van der Waals surface area contributed by atoms with Crippen LogP contribution in [0.4, 0.5) is 11.4 Å². The first-order chi connectivity index (χ1) is 17.1. The molecule has 2 aromatic heterocycles. The van der Waals surface area contributed by atoms with Crippen LogP contribution in [0.2, 0.25) is 5.02 Å². The summed E-state index contributed by atoms with van der Waals surface area (Å²) in [6.45, 7) is 9.41. The Kier molecular flexibility index (Phi) is 6.88. The summed E-state index contributed by atoms with van der Waals surface area (Å²) in [7, 11) is 0. The summed E-state index contributed by atoms with van der Waals surface area (Å²) in [5.74, 6) is 0.556. The van der Waals surface area contributed by atoms with Gasteiger partial charge >= 0.3 is 0 Å². The highest BCUT2D eigenvalue weighted by molar-refractivity contribution is 6.30. The number of imidazole rings is 1. The van der Waals surface area contributed by atoms with Gasteiger partial charge in [-0.25, -0.2) is 4.98 Å². The minimum Gasteiger partial charge on any atom is -0.384 e. The third-order valence-corrected chi connectivity index (χ3v) is 6.64. The number of fused-ring (bicyclic) bond motifs is 1. The van der Waals surface area contributed by atoms with Gasteiger partial charge in [-0.1, -0.05) is 29.8 Å². The summed E-state index contributed by atoms with van der Waals surface area (Å²) >= 11 is 6.10. The fraction of sp³-hybridized carbons (Fsp3) is 0.259. The van der Waals surface area contributed by atoms with E-state index in [1.165, 1.54) is 0 Å². The second-order valence-electron chi connectivity index (χ2n) is 8.77. The van der Waals surface area contributed by atoms with Crippen LogP contribution in [0.25, 0.3) is 22.4 Å². The Labute approximate surface area is 209 Å². The molecule has 1 fully saturated rings. The van der Waals surface area contributed by atoms with E-state index in [4.69, 9.17) is 16.6 Å². The fourth-order valence-corrected chi connectivity index (χ4v) is 4.79. The number of halogens is 1. The molecular formula is C27H29ClN6O. The normalized spacial score (nSPS) is 14.4. The lowest BCUT2D eigenvalue weighted by molar-refractivity contribution is 0.284. The first-order valence-corrected chi connectivity index (χ1v) is 12.3. The van der Waals surface area contributed by atoms with E-state index in [2.05, 4.69) is 43.8 Å². The Morgan fingerprint density at radius 2 is 1.97 bits per heavy atom. The van der Waals surface area contributed by atoms with Gasteiger partial charge < -0.3 is 20.2 Å². The van der Waals surface area contributed by atoms with Crippen molar-refractivity contribution in [2.75, 3.05) is 49.5 Å². The average molecular weight is 489 g/mol. The number of anilines is 2. The van der Waals surface area contributed by atoms with Crippen molar-refractivity contribution in [3.8, 4) is 11.4 Å². The number of piperazine rings is 1. The number of aromatic amines is 2. The fourth-order valence-electron chi connectivity index (χ4n) is 4.58. The molecule has 0 radical (unpaired) electrons. The number of benzene rings is 2. The lowest BCUT2D eigenvalue weighted by Gasteiger charge is -2.35. The first kappa shape index (κ1) is 23.2. The molecule has 1 saturated heterocycles. The minimum absolute atomic E-state index is 0.185. The van der Waals surface area contributed by atoms with Gasteiger partial charge in [0.25, 0.3) is 5.56 Å². The number of rotatable bonds is 8. The maximum atomic E-state index is 12.8. The Morgan fingerprint density at radius 3 is 2.77 bits per heavy atom. The van der Waals surface area contributed by atoms with Gasteiger partial charge in [0.1, 0.15) is 11.4 Å². The summed E-state index contributed by atoms with van der Waals surface area (Å²) in [6, 6.07) is 15.9. The standard InChI is InChI=1S/C27H29ClN6O/c1-2-12-33-13-15-34(16-14-33)21-6-7-22-24(18-21)32-26(31-22)25-23(9-11-30-27(25)35)29-10-8-19-4-3-5-20(28)17-19/h2-7,9,11,17-18H,1,8,10,12-16H2,(H,31,32)(H2,29,30,35). The molecule has 5 rings (SSSR count). The SMILES string of the molecule is C=CCN1CCN(c2ccc3nc(-c4c(NCCc5cccc(Cl)c5)cc[nH]c4=O)[nH]c3c2)CC1. The lowest BCUT2D eigenvalue weighted by Crippen LogP contribution is -2.46.